The highest BCUT2D eigenvalue weighted by Gasteiger charge is 2.29. The lowest BCUT2D eigenvalue weighted by atomic mass is 9.96. The van der Waals surface area contributed by atoms with Gasteiger partial charge in [0.25, 0.3) is 5.91 Å². The molecule has 5 nitrogen and oxygen atoms in total. The number of carbonyl (C=O) groups excluding carboxylic acids is 2. The zero-order valence-corrected chi connectivity index (χ0v) is 15.8. The van der Waals surface area contributed by atoms with Gasteiger partial charge >= 0.3 is 0 Å². The molecule has 1 aromatic heterocycles. The molecule has 6 heteroatoms. The third-order valence-electron chi connectivity index (χ3n) is 5.16. The molecule has 1 N–H and O–H groups in total. The highest BCUT2D eigenvalue weighted by Crippen LogP contribution is 2.24. The topological polar surface area (TPSA) is 62.6 Å². The number of rotatable bonds is 4. The lowest BCUT2D eigenvalue weighted by Gasteiger charge is -2.31. The van der Waals surface area contributed by atoms with Crippen LogP contribution < -0.4 is 5.32 Å². The van der Waals surface area contributed by atoms with Gasteiger partial charge in [0.2, 0.25) is 5.91 Å². The molecule has 0 aliphatic carbocycles. The molecule has 1 aliphatic rings. The maximum atomic E-state index is 13.4. The second kappa shape index (κ2) is 8.31. The van der Waals surface area contributed by atoms with Crippen molar-refractivity contribution in [2.75, 3.05) is 18.4 Å². The van der Waals surface area contributed by atoms with Crippen LogP contribution in [0.15, 0.2) is 71.5 Å². The summed E-state index contributed by atoms with van der Waals surface area (Å²) in [5.41, 5.74) is 2.83. The smallest absolute Gasteiger partial charge is 0.257 e. The molecule has 0 spiro atoms. The summed E-state index contributed by atoms with van der Waals surface area (Å²) in [4.78, 5) is 26.9. The van der Waals surface area contributed by atoms with Crippen molar-refractivity contribution in [3.8, 4) is 11.1 Å². The van der Waals surface area contributed by atoms with Crippen molar-refractivity contribution < 1.29 is 18.4 Å². The quantitative estimate of drug-likeness (QED) is 0.707. The first-order valence-electron chi connectivity index (χ1n) is 9.58. The van der Waals surface area contributed by atoms with Crippen molar-refractivity contribution in [1.29, 1.82) is 0 Å². The normalized spacial score (nSPS) is 16.4. The molecular weight excluding hydrogens is 371 g/mol. The van der Waals surface area contributed by atoms with E-state index in [2.05, 4.69) is 5.32 Å². The average Bonchev–Trinajstić information content (AvgIpc) is 3.29. The first-order chi connectivity index (χ1) is 14.1. The van der Waals surface area contributed by atoms with Gasteiger partial charge in [0.05, 0.1) is 17.7 Å². The van der Waals surface area contributed by atoms with Crippen LogP contribution in [0.25, 0.3) is 11.1 Å². The van der Waals surface area contributed by atoms with Crippen molar-refractivity contribution >= 4 is 17.5 Å². The second-order valence-electron chi connectivity index (χ2n) is 7.18. The molecule has 148 valence electrons. The van der Waals surface area contributed by atoms with Crippen molar-refractivity contribution in [2.24, 2.45) is 5.92 Å². The summed E-state index contributed by atoms with van der Waals surface area (Å²) in [5, 5.41) is 2.93. The van der Waals surface area contributed by atoms with Gasteiger partial charge in [-0.2, -0.15) is 0 Å². The fourth-order valence-corrected chi connectivity index (χ4v) is 3.60. The van der Waals surface area contributed by atoms with E-state index in [1.54, 1.807) is 29.2 Å². The van der Waals surface area contributed by atoms with E-state index in [1.165, 1.54) is 24.7 Å². The van der Waals surface area contributed by atoms with Gasteiger partial charge in [0.15, 0.2) is 0 Å². The molecule has 1 aliphatic heterocycles. The van der Waals surface area contributed by atoms with E-state index in [0.29, 0.717) is 24.3 Å². The number of nitrogens with one attached hydrogen (secondary N) is 1. The van der Waals surface area contributed by atoms with Gasteiger partial charge in [-0.1, -0.05) is 24.3 Å². The molecule has 2 heterocycles. The third-order valence-corrected chi connectivity index (χ3v) is 5.16. The summed E-state index contributed by atoms with van der Waals surface area (Å²) in [5.74, 6) is -0.766. The van der Waals surface area contributed by atoms with Crippen LogP contribution in [0.5, 0.6) is 0 Å². The number of piperidine rings is 1. The van der Waals surface area contributed by atoms with Gasteiger partial charge in [0, 0.05) is 18.8 Å². The Bertz CT molecular complexity index is 999. The van der Waals surface area contributed by atoms with E-state index in [9.17, 15) is 14.0 Å². The molecule has 29 heavy (non-hydrogen) atoms. The molecule has 1 atom stereocenters. The molecule has 0 unspecified atom stereocenters. The fourth-order valence-electron chi connectivity index (χ4n) is 3.60. The Morgan fingerprint density at radius 2 is 1.90 bits per heavy atom. The number of anilines is 1. The van der Waals surface area contributed by atoms with E-state index >= 15 is 0 Å². The van der Waals surface area contributed by atoms with Crippen LogP contribution in [-0.4, -0.2) is 29.8 Å². The third kappa shape index (κ3) is 4.37. The minimum atomic E-state index is -0.285. The van der Waals surface area contributed by atoms with Crippen molar-refractivity contribution in [2.45, 2.75) is 12.8 Å². The minimum Gasteiger partial charge on any atom is -0.472 e. The molecular formula is C23H21FN2O3. The summed E-state index contributed by atoms with van der Waals surface area (Å²) in [6.45, 7) is 1.02. The van der Waals surface area contributed by atoms with E-state index in [-0.39, 0.29) is 23.5 Å². The van der Waals surface area contributed by atoms with E-state index in [1.807, 2.05) is 18.2 Å². The molecule has 1 fully saturated rings. The number of amides is 2. The number of hydrogen-bond acceptors (Lipinski definition) is 3. The number of halogens is 1. The standard InChI is InChI=1S/C23H21FN2O3/c24-20-5-1-3-17(13-20)16-6-8-21(9-7-16)25-22(27)18-4-2-11-26(14-18)23(28)19-10-12-29-15-19/h1,3,5-10,12-13,15,18H,2,4,11,14H2,(H,25,27)/t18-/m0/s1. The molecule has 4 rings (SSSR count). The van der Waals surface area contributed by atoms with Crippen molar-refractivity contribution in [3.05, 3.63) is 78.5 Å². The maximum absolute atomic E-state index is 13.4. The first-order valence-corrected chi connectivity index (χ1v) is 9.58. The zero-order valence-electron chi connectivity index (χ0n) is 15.8. The zero-order chi connectivity index (χ0) is 20.2. The van der Waals surface area contributed by atoms with E-state index < -0.39 is 0 Å². The summed E-state index contributed by atoms with van der Waals surface area (Å²) in [6.07, 6.45) is 4.41. The fraction of sp³-hybridized carbons (Fsp3) is 0.217. The Kier molecular flexibility index (Phi) is 5.42. The Labute approximate surface area is 168 Å². The molecule has 2 amide bonds. The van der Waals surface area contributed by atoms with Crippen molar-refractivity contribution in [3.63, 3.8) is 0 Å². The molecule has 1 saturated heterocycles. The average molecular weight is 392 g/mol. The van der Waals surface area contributed by atoms with Gasteiger partial charge in [0.1, 0.15) is 12.1 Å². The van der Waals surface area contributed by atoms with Crippen LogP contribution >= 0.6 is 0 Å². The van der Waals surface area contributed by atoms with Gasteiger partial charge < -0.3 is 14.6 Å². The largest absolute Gasteiger partial charge is 0.472 e. The molecule has 0 radical (unpaired) electrons. The molecule has 0 saturated carbocycles. The maximum Gasteiger partial charge on any atom is 0.257 e. The predicted molar refractivity (Wildman–Crippen MR) is 108 cm³/mol. The Morgan fingerprint density at radius 1 is 1.07 bits per heavy atom. The molecule has 0 bridgehead atoms. The number of furan rings is 1. The molecule has 2 aromatic carbocycles. The van der Waals surface area contributed by atoms with E-state index in [0.717, 1.165) is 24.0 Å². The van der Waals surface area contributed by atoms with Crippen LogP contribution in [0, 0.1) is 11.7 Å². The van der Waals surface area contributed by atoms with Gasteiger partial charge in [-0.15, -0.1) is 0 Å². The second-order valence-corrected chi connectivity index (χ2v) is 7.18. The highest BCUT2D eigenvalue weighted by molar-refractivity contribution is 5.96. The van der Waals surface area contributed by atoms with Crippen LogP contribution in [0.4, 0.5) is 10.1 Å². The summed E-state index contributed by atoms with van der Waals surface area (Å²) < 4.78 is 18.4. The van der Waals surface area contributed by atoms with Crippen LogP contribution in [-0.2, 0) is 4.79 Å². The number of likely N-dealkylation sites (tertiary alicyclic amines) is 1. The van der Waals surface area contributed by atoms with Crippen LogP contribution in [0.2, 0.25) is 0 Å². The number of hydrogen-bond donors (Lipinski definition) is 1. The Hall–Kier alpha value is -3.41. The van der Waals surface area contributed by atoms with Gasteiger partial charge in [-0.05, 0) is 54.3 Å². The SMILES string of the molecule is O=C(Nc1ccc(-c2cccc(F)c2)cc1)[C@H]1CCCN(C(=O)c2ccoc2)C1. The number of carbonyl (C=O) groups is 2. The van der Waals surface area contributed by atoms with E-state index in [4.69, 9.17) is 4.42 Å². The van der Waals surface area contributed by atoms with Crippen molar-refractivity contribution in [1.82, 2.24) is 4.90 Å². The number of nitrogens with zero attached hydrogens (tertiary/aromatic N) is 1. The summed E-state index contributed by atoms with van der Waals surface area (Å²) in [6, 6.07) is 15.3. The van der Waals surface area contributed by atoms with Gasteiger partial charge in [-0.3, -0.25) is 9.59 Å². The highest BCUT2D eigenvalue weighted by atomic mass is 19.1. The monoisotopic (exact) mass is 392 g/mol. The predicted octanol–water partition coefficient (Wildman–Crippen LogP) is 4.58. The van der Waals surface area contributed by atoms with Crippen LogP contribution in [0.1, 0.15) is 23.2 Å². The lowest BCUT2D eigenvalue weighted by Crippen LogP contribution is -2.43. The number of benzene rings is 2. The lowest BCUT2D eigenvalue weighted by molar-refractivity contribution is -0.121. The Morgan fingerprint density at radius 3 is 2.62 bits per heavy atom. The Balaban J connectivity index is 1.39. The first kappa shape index (κ1) is 18.9. The van der Waals surface area contributed by atoms with Gasteiger partial charge in [-0.25, -0.2) is 4.39 Å². The van der Waals surface area contributed by atoms with Crippen LogP contribution in [0.3, 0.4) is 0 Å². The molecule has 3 aromatic rings. The summed E-state index contributed by atoms with van der Waals surface area (Å²) in [7, 11) is 0. The summed E-state index contributed by atoms with van der Waals surface area (Å²) >= 11 is 0. The minimum absolute atomic E-state index is 0.104.